The minimum absolute atomic E-state index is 0.0375. The molecule has 116 valence electrons. The maximum absolute atomic E-state index is 11.0. The molecule has 0 bridgehead atoms. The Morgan fingerprint density at radius 1 is 1.00 bits per heavy atom. The Hall–Kier alpha value is -2.30. The second-order valence-corrected chi connectivity index (χ2v) is 4.80. The van der Waals surface area contributed by atoms with Gasteiger partial charge in [0.1, 0.15) is 23.7 Å². The third kappa shape index (κ3) is 3.30. The first kappa shape index (κ1) is 16.1. The predicted octanol–water partition coefficient (Wildman–Crippen LogP) is 2.49. The molecule has 1 atom stereocenters. The van der Waals surface area contributed by atoms with Gasteiger partial charge in [0.15, 0.2) is 0 Å². The molecule has 22 heavy (non-hydrogen) atoms. The molecule has 2 N–H and O–H groups in total. The quantitative estimate of drug-likeness (QED) is 0.771. The van der Waals surface area contributed by atoms with Crippen LogP contribution in [-0.4, -0.2) is 30.5 Å². The maximum atomic E-state index is 11.0. The van der Waals surface area contributed by atoms with Crippen LogP contribution in [0.15, 0.2) is 61.2 Å². The zero-order valence-electron chi connectivity index (χ0n) is 12.5. The number of ether oxygens (including phenoxy) is 2. The van der Waals surface area contributed by atoms with Gasteiger partial charge in [-0.15, -0.1) is 0 Å². The summed E-state index contributed by atoms with van der Waals surface area (Å²) in [4.78, 5) is 0. The van der Waals surface area contributed by atoms with Crippen molar-refractivity contribution in [2.45, 2.75) is 5.60 Å². The van der Waals surface area contributed by atoms with Gasteiger partial charge in [0.2, 0.25) is 0 Å². The van der Waals surface area contributed by atoms with Crippen molar-refractivity contribution in [3.8, 4) is 11.5 Å². The summed E-state index contributed by atoms with van der Waals surface area (Å²) in [5.41, 5.74) is 0.0956. The van der Waals surface area contributed by atoms with E-state index in [0.717, 1.165) is 5.75 Å². The van der Waals surface area contributed by atoms with Crippen LogP contribution < -0.4 is 9.47 Å². The molecule has 0 spiro atoms. The Labute approximate surface area is 130 Å². The number of aliphatic hydroxyl groups excluding tert-OH is 1. The molecule has 0 aliphatic heterocycles. The Kier molecular flexibility index (Phi) is 5.20. The van der Waals surface area contributed by atoms with Crippen molar-refractivity contribution in [1.29, 1.82) is 0 Å². The van der Waals surface area contributed by atoms with Gasteiger partial charge in [-0.3, -0.25) is 0 Å². The van der Waals surface area contributed by atoms with Gasteiger partial charge < -0.3 is 19.7 Å². The molecule has 0 aromatic heterocycles. The third-order valence-corrected chi connectivity index (χ3v) is 3.48. The Morgan fingerprint density at radius 2 is 1.50 bits per heavy atom. The number of rotatable bonds is 7. The van der Waals surface area contributed by atoms with E-state index >= 15 is 0 Å². The Morgan fingerprint density at radius 3 is 1.91 bits per heavy atom. The van der Waals surface area contributed by atoms with Crippen molar-refractivity contribution in [2.75, 3.05) is 20.3 Å². The van der Waals surface area contributed by atoms with E-state index in [1.165, 1.54) is 6.08 Å². The molecule has 2 rings (SSSR count). The molecule has 4 heteroatoms. The van der Waals surface area contributed by atoms with Crippen LogP contribution in [0.3, 0.4) is 0 Å². The van der Waals surface area contributed by atoms with Gasteiger partial charge in [-0.2, -0.15) is 0 Å². The SMILES string of the molecule is C=CC(O)(c1ccc(OC)cc1)c1ccc(OCCO)cc1. The van der Waals surface area contributed by atoms with Gasteiger partial charge in [0.25, 0.3) is 0 Å². The van der Waals surface area contributed by atoms with E-state index in [-0.39, 0.29) is 13.2 Å². The van der Waals surface area contributed by atoms with Gasteiger partial charge in [-0.25, -0.2) is 0 Å². The molecule has 2 aromatic carbocycles. The Bertz CT molecular complexity index is 604. The van der Waals surface area contributed by atoms with E-state index in [4.69, 9.17) is 14.6 Å². The molecular formula is C18H20O4. The van der Waals surface area contributed by atoms with Crippen LogP contribution in [0.25, 0.3) is 0 Å². The fourth-order valence-electron chi connectivity index (χ4n) is 2.22. The first-order valence-corrected chi connectivity index (χ1v) is 6.98. The molecule has 0 saturated heterocycles. The normalized spacial score (nSPS) is 13.2. The number of hydrogen-bond donors (Lipinski definition) is 2. The second-order valence-electron chi connectivity index (χ2n) is 4.80. The van der Waals surface area contributed by atoms with Crippen molar-refractivity contribution in [1.82, 2.24) is 0 Å². The summed E-state index contributed by atoms with van der Waals surface area (Å²) in [5.74, 6) is 1.36. The molecule has 0 fully saturated rings. The molecule has 1 unspecified atom stereocenters. The van der Waals surface area contributed by atoms with E-state index < -0.39 is 5.60 Å². The van der Waals surface area contributed by atoms with E-state index in [9.17, 15) is 5.11 Å². The first-order valence-electron chi connectivity index (χ1n) is 6.98. The summed E-state index contributed by atoms with van der Waals surface area (Å²) in [5, 5.41) is 19.7. The summed E-state index contributed by atoms with van der Waals surface area (Å²) in [6.45, 7) is 3.96. The third-order valence-electron chi connectivity index (χ3n) is 3.48. The summed E-state index contributed by atoms with van der Waals surface area (Å²) in [7, 11) is 1.60. The van der Waals surface area contributed by atoms with Crippen LogP contribution >= 0.6 is 0 Å². The molecule has 2 aromatic rings. The highest BCUT2D eigenvalue weighted by Crippen LogP contribution is 2.32. The Balaban J connectivity index is 2.30. The van der Waals surface area contributed by atoms with Gasteiger partial charge in [0, 0.05) is 0 Å². The van der Waals surface area contributed by atoms with E-state index in [1.54, 1.807) is 55.6 Å². The molecule has 0 saturated carbocycles. The average molecular weight is 300 g/mol. The fourth-order valence-corrected chi connectivity index (χ4v) is 2.22. The smallest absolute Gasteiger partial charge is 0.133 e. The van der Waals surface area contributed by atoms with Crippen molar-refractivity contribution in [2.24, 2.45) is 0 Å². The van der Waals surface area contributed by atoms with E-state index in [2.05, 4.69) is 6.58 Å². The molecule has 0 radical (unpaired) electrons. The van der Waals surface area contributed by atoms with Crippen molar-refractivity contribution < 1.29 is 19.7 Å². The van der Waals surface area contributed by atoms with Gasteiger partial charge in [-0.1, -0.05) is 36.9 Å². The van der Waals surface area contributed by atoms with Crippen LogP contribution in [0.5, 0.6) is 11.5 Å². The zero-order chi connectivity index (χ0) is 16.0. The largest absolute Gasteiger partial charge is 0.497 e. The predicted molar refractivity (Wildman–Crippen MR) is 85.2 cm³/mol. The molecule has 0 heterocycles. The molecule has 0 aliphatic carbocycles. The summed E-state index contributed by atoms with van der Waals surface area (Å²) in [6, 6.07) is 14.3. The molecule has 4 nitrogen and oxygen atoms in total. The summed E-state index contributed by atoms with van der Waals surface area (Å²) in [6.07, 6.45) is 1.50. The highest BCUT2D eigenvalue weighted by molar-refractivity contribution is 5.43. The topological polar surface area (TPSA) is 58.9 Å². The van der Waals surface area contributed by atoms with Crippen LogP contribution in [-0.2, 0) is 5.60 Å². The van der Waals surface area contributed by atoms with Crippen molar-refractivity contribution in [3.05, 3.63) is 72.3 Å². The lowest BCUT2D eigenvalue weighted by Gasteiger charge is -2.26. The number of methoxy groups -OCH3 is 1. The molecular weight excluding hydrogens is 280 g/mol. The maximum Gasteiger partial charge on any atom is 0.133 e. The number of hydrogen-bond acceptors (Lipinski definition) is 4. The lowest BCUT2D eigenvalue weighted by atomic mass is 9.86. The highest BCUT2D eigenvalue weighted by atomic mass is 16.5. The average Bonchev–Trinajstić information content (AvgIpc) is 2.59. The van der Waals surface area contributed by atoms with Gasteiger partial charge in [-0.05, 0) is 35.4 Å². The summed E-state index contributed by atoms with van der Waals surface area (Å²) >= 11 is 0. The fraction of sp³-hybridized carbons (Fsp3) is 0.222. The van der Waals surface area contributed by atoms with E-state index in [0.29, 0.717) is 16.9 Å². The monoisotopic (exact) mass is 300 g/mol. The lowest BCUT2D eigenvalue weighted by molar-refractivity contribution is 0.134. The van der Waals surface area contributed by atoms with Gasteiger partial charge >= 0.3 is 0 Å². The van der Waals surface area contributed by atoms with Crippen LogP contribution in [0, 0.1) is 0 Å². The van der Waals surface area contributed by atoms with Crippen LogP contribution in [0.1, 0.15) is 11.1 Å². The van der Waals surface area contributed by atoms with Crippen molar-refractivity contribution >= 4 is 0 Å². The first-order chi connectivity index (χ1) is 10.6. The molecule has 0 aliphatic rings. The van der Waals surface area contributed by atoms with Gasteiger partial charge in [0.05, 0.1) is 13.7 Å². The minimum Gasteiger partial charge on any atom is -0.497 e. The summed E-state index contributed by atoms with van der Waals surface area (Å²) < 4.78 is 10.4. The minimum atomic E-state index is -1.29. The van der Waals surface area contributed by atoms with Crippen LogP contribution in [0.4, 0.5) is 0 Å². The number of aliphatic hydroxyl groups is 2. The second kappa shape index (κ2) is 7.11. The number of benzene rings is 2. The van der Waals surface area contributed by atoms with Crippen LogP contribution in [0.2, 0.25) is 0 Å². The van der Waals surface area contributed by atoms with E-state index in [1.807, 2.05) is 0 Å². The standard InChI is InChI=1S/C18H20O4/c1-3-18(20,14-4-8-16(21-2)9-5-14)15-6-10-17(11-7-15)22-13-12-19/h3-11,19-20H,1,12-13H2,2H3. The lowest BCUT2D eigenvalue weighted by Crippen LogP contribution is -2.24. The highest BCUT2D eigenvalue weighted by Gasteiger charge is 2.27. The zero-order valence-corrected chi connectivity index (χ0v) is 12.5. The molecule has 0 amide bonds. The van der Waals surface area contributed by atoms with Crippen molar-refractivity contribution in [3.63, 3.8) is 0 Å².